The van der Waals surface area contributed by atoms with Crippen molar-refractivity contribution in [3.05, 3.63) is 26.8 Å². The average Bonchev–Trinajstić information content (AvgIpc) is 2.05. The summed E-state index contributed by atoms with van der Waals surface area (Å²) in [6.07, 6.45) is 0. The minimum absolute atomic E-state index is 0.665. The number of hydrogen-bond donors (Lipinski definition) is 0. The fourth-order valence-electron chi connectivity index (χ4n) is 0.958. The Balaban J connectivity index is 3.30. The number of nitrogens with zero attached hydrogens (tertiary/aromatic N) is 1. The largest absolute Gasteiger partial charge is 0.496 e. The fraction of sp³-hybridized carbons (Fsp3) is 0.222. The quantitative estimate of drug-likeness (QED) is 0.736. The van der Waals surface area contributed by atoms with Gasteiger partial charge in [0.25, 0.3) is 0 Å². The van der Waals surface area contributed by atoms with Crippen molar-refractivity contribution in [3.8, 4) is 11.8 Å². The van der Waals surface area contributed by atoms with E-state index in [1.807, 2.05) is 13.0 Å². The van der Waals surface area contributed by atoms with Gasteiger partial charge in [0.15, 0.2) is 0 Å². The third-order valence-electron chi connectivity index (χ3n) is 1.60. The molecular weight excluding hydrogens is 265 g/mol. The topological polar surface area (TPSA) is 33.0 Å². The molecule has 62 valence electrons. The molecule has 0 saturated carbocycles. The van der Waals surface area contributed by atoms with Gasteiger partial charge in [0.05, 0.1) is 12.7 Å². The van der Waals surface area contributed by atoms with Gasteiger partial charge in [-0.1, -0.05) is 0 Å². The monoisotopic (exact) mass is 273 g/mol. The van der Waals surface area contributed by atoms with E-state index in [2.05, 4.69) is 28.7 Å². The minimum Gasteiger partial charge on any atom is -0.496 e. The lowest BCUT2D eigenvalue weighted by Gasteiger charge is -2.05. The van der Waals surface area contributed by atoms with Crippen LogP contribution in [0.25, 0.3) is 0 Å². The van der Waals surface area contributed by atoms with Gasteiger partial charge < -0.3 is 4.74 Å². The van der Waals surface area contributed by atoms with Crippen LogP contribution in [0.3, 0.4) is 0 Å². The van der Waals surface area contributed by atoms with Gasteiger partial charge in [-0.15, -0.1) is 0 Å². The Morgan fingerprint density at radius 2 is 2.17 bits per heavy atom. The maximum absolute atomic E-state index is 8.72. The highest BCUT2D eigenvalue weighted by atomic mass is 127. The second-order valence-electron chi connectivity index (χ2n) is 2.41. The van der Waals surface area contributed by atoms with Crippen molar-refractivity contribution >= 4 is 22.6 Å². The molecule has 0 spiro atoms. The first-order valence-corrected chi connectivity index (χ1v) is 4.51. The molecule has 0 aromatic heterocycles. The molecule has 0 aliphatic carbocycles. The zero-order valence-corrected chi connectivity index (χ0v) is 9.05. The maximum Gasteiger partial charge on any atom is 0.123 e. The number of aryl methyl sites for hydroxylation is 1. The molecular formula is C9H8INO. The standard InChI is InChI=1S/C9H8INO/c1-6-3-8(10)7(5-11)4-9(6)12-2/h3-4H,1-2H3. The molecule has 12 heavy (non-hydrogen) atoms. The van der Waals surface area contributed by atoms with Crippen LogP contribution in [-0.2, 0) is 0 Å². The first kappa shape index (κ1) is 9.33. The number of ether oxygens (including phenoxy) is 1. The molecule has 1 aromatic carbocycles. The van der Waals surface area contributed by atoms with Gasteiger partial charge in [0.2, 0.25) is 0 Å². The predicted molar refractivity (Wildman–Crippen MR) is 55.2 cm³/mol. The summed E-state index contributed by atoms with van der Waals surface area (Å²) in [5.74, 6) is 0.770. The Morgan fingerprint density at radius 3 is 2.67 bits per heavy atom. The number of halogens is 1. The van der Waals surface area contributed by atoms with Crippen molar-refractivity contribution in [1.29, 1.82) is 5.26 Å². The van der Waals surface area contributed by atoms with Gasteiger partial charge in [-0.2, -0.15) is 5.26 Å². The molecule has 0 unspecified atom stereocenters. The zero-order chi connectivity index (χ0) is 9.14. The molecule has 0 N–H and O–H groups in total. The second-order valence-corrected chi connectivity index (χ2v) is 3.58. The summed E-state index contributed by atoms with van der Waals surface area (Å²) in [5.41, 5.74) is 1.72. The Morgan fingerprint density at radius 1 is 1.50 bits per heavy atom. The van der Waals surface area contributed by atoms with Crippen LogP contribution in [0.2, 0.25) is 0 Å². The van der Waals surface area contributed by atoms with E-state index in [0.717, 1.165) is 14.9 Å². The lowest BCUT2D eigenvalue weighted by molar-refractivity contribution is 0.411. The van der Waals surface area contributed by atoms with Crippen LogP contribution in [-0.4, -0.2) is 7.11 Å². The second kappa shape index (κ2) is 3.76. The molecule has 0 aliphatic heterocycles. The Hall–Kier alpha value is -0.760. The van der Waals surface area contributed by atoms with Crippen LogP contribution in [0.15, 0.2) is 12.1 Å². The summed E-state index contributed by atoms with van der Waals surface area (Å²) in [4.78, 5) is 0. The maximum atomic E-state index is 8.72. The van der Waals surface area contributed by atoms with Crippen molar-refractivity contribution in [2.75, 3.05) is 7.11 Å². The van der Waals surface area contributed by atoms with E-state index in [1.54, 1.807) is 13.2 Å². The highest BCUT2D eigenvalue weighted by Gasteiger charge is 2.04. The van der Waals surface area contributed by atoms with Crippen LogP contribution in [0.4, 0.5) is 0 Å². The molecule has 1 rings (SSSR count). The SMILES string of the molecule is COc1cc(C#N)c(I)cc1C. The van der Waals surface area contributed by atoms with Crippen molar-refractivity contribution in [3.63, 3.8) is 0 Å². The summed E-state index contributed by atoms with van der Waals surface area (Å²) >= 11 is 2.14. The number of benzene rings is 1. The van der Waals surface area contributed by atoms with Gasteiger partial charge in [0, 0.05) is 3.57 Å². The van der Waals surface area contributed by atoms with E-state index in [9.17, 15) is 0 Å². The van der Waals surface area contributed by atoms with Crippen LogP contribution < -0.4 is 4.74 Å². The molecule has 1 aromatic rings. The van der Waals surface area contributed by atoms with Gasteiger partial charge >= 0.3 is 0 Å². The summed E-state index contributed by atoms with van der Waals surface area (Å²) < 4.78 is 6.05. The molecule has 0 atom stereocenters. The highest BCUT2D eigenvalue weighted by Crippen LogP contribution is 2.23. The summed E-state index contributed by atoms with van der Waals surface area (Å²) in [6, 6.07) is 5.81. The molecule has 0 amide bonds. The van der Waals surface area contributed by atoms with Gasteiger partial charge in [0.1, 0.15) is 11.8 Å². The van der Waals surface area contributed by atoms with E-state index < -0.39 is 0 Å². The van der Waals surface area contributed by atoms with Gasteiger partial charge in [-0.05, 0) is 47.2 Å². The molecule has 0 bridgehead atoms. The van der Waals surface area contributed by atoms with Crippen LogP contribution >= 0.6 is 22.6 Å². The van der Waals surface area contributed by atoms with Crippen molar-refractivity contribution in [2.24, 2.45) is 0 Å². The van der Waals surface area contributed by atoms with Crippen molar-refractivity contribution in [2.45, 2.75) is 6.92 Å². The number of nitriles is 1. The molecule has 0 fully saturated rings. The Labute approximate surface area is 85.3 Å². The van der Waals surface area contributed by atoms with Gasteiger partial charge in [-0.3, -0.25) is 0 Å². The first-order chi connectivity index (χ1) is 5.69. The lowest BCUT2D eigenvalue weighted by atomic mass is 10.1. The summed E-state index contributed by atoms with van der Waals surface area (Å²) in [6.45, 7) is 1.96. The molecule has 0 saturated heterocycles. The smallest absolute Gasteiger partial charge is 0.123 e. The fourth-order valence-corrected chi connectivity index (χ4v) is 1.70. The van der Waals surface area contributed by atoms with E-state index in [0.29, 0.717) is 5.56 Å². The lowest BCUT2D eigenvalue weighted by Crippen LogP contribution is -1.90. The molecule has 0 aliphatic rings. The Bertz CT molecular complexity index is 341. The predicted octanol–water partition coefficient (Wildman–Crippen LogP) is 2.48. The van der Waals surface area contributed by atoms with Crippen LogP contribution in [0, 0.1) is 21.8 Å². The third-order valence-corrected chi connectivity index (χ3v) is 2.50. The van der Waals surface area contributed by atoms with E-state index in [-0.39, 0.29) is 0 Å². The third kappa shape index (κ3) is 1.69. The molecule has 0 heterocycles. The summed E-state index contributed by atoms with van der Waals surface area (Å²) in [7, 11) is 1.61. The molecule has 2 nitrogen and oxygen atoms in total. The Kier molecular flexibility index (Phi) is 2.93. The first-order valence-electron chi connectivity index (χ1n) is 3.43. The average molecular weight is 273 g/mol. The number of rotatable bonds is 1. The minimum atomic E-state index is 0.665. The highest BCUT2D eigenvalue weighted by molar-refractivity contribution is 14.1. The van der Waals surface area contributed by atoms with E-state index >= 15 is 0 Å². The van der Waals surface area contributed by atoms with E-state index in [1.165, 1.54) is 0 Å². The molecule has 0 radical (unpaired) electrons. The summed E-state index contributed by atoms with van der Waals surface area (Å²) in [5, 5.41) is 8.72. The van der Waals surface area contributed by atoms with E-state index in [4.69, 9.17) is 10.00 Å². The van der Waals surface area contributed by atoms with Crippen molar-refractivity contribution in [1.82, 2.24) is 0 Å². The van der Waals surface area contributed by atoms with Gasteiger partial charge in [-0.25, -0.2) is 0 Å². The van der Waals surface area contributed by atoms with Crippen LogP contribution in [0.1, 0.15) is 11.1 Å². The van der Waals surface area contributed by atoms with Crippen LogP contribution in [0.5, 0.6) is 5.75 Å². The molecule has 3 heteroatoms. The number of methoxy groups -OCH3 is 1. The van der Waals surface area contributed by atoms with Crippen molar-refractivity contribution < 1.29 is 4.74 Å². The number of hydrogen-bond acceptors (Lipinski definition) is 2. The normalized spacial score (nSPS) is 9.17. The zero-order valence-electron chi connectivity index (χ0n) is 6.89.